The van der Waals surface area contributed by atoms with E-state index in [1.54, 1.807) is 6.92 Å². The van der Waals surface area contributed by atoms with Crippen LogP contribution in [0.4, 0.5) is 4.79 Å². The Morgan fingerprint density at radius 2 is 2.20 bits per heavy atom. The molecule has 1 heterocycles. The molecule has 0 unspecified atom stereocenters. The Kier molecular flexibility index (Phi) is 3.70. The number of nitrogens with two attached hydrogens (primary N) is 1. The molecule has 0 aromatic heterocycles. The molecule has 1 aliphatic heterocycles. The number of hydrogen-bond donors (Lipinski definition) is 1. The molecule has 1 fully saturated rings. The van der Waals surface area contributed by atoms with Crippen molar-refractivity contribution in [2.45, 2.75) is 19.0 Å². The lowest BCUT2D eigenvalue weighted by atomic mass is 10.1. The zero-order valence-electron chi connectivity index (χ0n) is 8.43. The zero-order valence-corrected chi connectivity index (χ0v) is 9.24. The molecule has 15 heavy (non-hydrogen) atoms. The van der Waals surface area contributed by atoms with Gasteiger partial charge in [0.05, 0.1) is 18.9 Å². The molecule has 0 radical (unpaired) electrons. The summed E-state index contributed by atoms with van der Waals surface area (Å²) < 4.78 is 4.44. The summed E-state index contributed by atoms with van der Waals surface area (Å²) in [5.41, 5.74) is 5.55. The molecule has 84 valence electrons. The number of ether oxygens (including phenoxy) is 1. The average molecular weight is 232 g/mol. The monoisotopic (exact) mass is 232 g/mol. The number of esters is 1. The Bertz CT molecular complexity index is 291. The number of thioether (sulfide) groups is 1. The Hall–Kier alpha value is -1.08. The van der Waals surface area contributed by atoms with Crippen LogP contribution in [0.15, 0.2) is 0 Å². The maximum Gasteiger partial charge on any atom is 0.324 e. The lowest BCUT2D eigenvalue weighted by Gasteiger charge is -2.25. The molecule has 7 heteroatoms. The molecule has 0 aromatic carbocycles. The molecule has 0 bridgehead atoms. The van der Waals surface area contributed by atoms with Gasteiger partial charge in [0.25, 0.3) is 5.24 Å². The Morgan fingerprint density at radius 1 is 1.60 bits per heavy atom. The SMILES string of the molecule is COC(=O)[C@H](N)[C@@H](C)N1C(=O)CSC1=O. The third-order valence-electron chi connectivity index (χ3n) is 2.18. The van der Waals surface area contributed by atoms with E-state index in [0.717, 1.165) is 16.7 Å². The van der Waals surface area contributed by atoms with Gasteiger partial charge in [-0.05, 0) is 6.92 Å². The summed E-state index contributed by atoms with van der Waals surface area (Å²) in [5.74, 6) is -0.853. The number of carbonyl (C=O) groups is 3. The first-order valence-corrected chi connectivity index (χ1v) is 5.29. The van der Waals surface area contributed by atoms with Crippen LogP contribution in [-0.4, -0.2) is 47.0 Å². The van der Waals surface area contributed by atoms with Crippen molar-refractivity contribution >= 4 is 28.9 Å². The summed E-state index contributed by atoms with van der Waals surface area (Å²) in [4.78, 5) is 34.7. The van der Waals surface area contributed by atoms with Crippen LogP contribution < -0.4 is 5.73 Å². The molecular weight excluding hydrogens is 220 g/mol. The first-order valence-electron chi connectivity index (χ1n) is 4.31. The number of methoxy groups -OCH3 is 1. The second-order valence-electron chi connectivity index (χ2n) is 3.11. The molecule has 2 amide bonds. The van der Waals surface area contributed by atoms with Crippen LogP contribution in [0, 0.1) is 0 Å². The van der Waals surface area contributed by atoms with Crippen molar-refractivity contribution in [3.63, 3.8) is 0 Å². The molecule has 1 aliphatic rings. The van der Waals surface area contributed by atoms with Crippen molar-refractivity contribution in [3.05, 3.63) is 0 Å². The average Bonchev–Trinajstić information content (AvgIpc) is 2.55. The normalized spacial score (nSPS) is 20.3. The van der Waals surface area contributed by atoms with Crippen molar-refractivity contribution < 1.29 is 19.1 Å². The highest BCUT2D eigenvalue weighted by molar-refractivity contribution is 8.14. The summed E-state index contributed by atoms with van der Waals surface area (Å²) >= 11 is 0.908. The van der Waals surface area contributed by atoms with Crippen molar-refractivity contribution in [2.75, 3.05) is 12.9 Å². The molecule has 2 N–H and O–H groups in total. The van der Waals surface area contributed by atoms with E-state index in [1.165, 1.54) is 7.11 Å². The van der Waals surface area contributed by atoms with E-state index in [0.29, 0.717) is 0 Å². The zero-order chi connectivity index (χ0) is 11.6. The van der Waals surface area contributed by atoms with Gasteiger partial charge in [0.15, 0.2) is 0 Å². The van der Waals surface area contributed by atoms with Crippen LogP contribution in [0.25, 0.3) is 0 Å². The minimum absolute atomic E-state index is 0.108. The van der Waals surface area contributed by atoms with Crippen LogP contribution in [0.2, 0.25) is 0 Å². The second-order valence-corrected chi connectivity index (χ2v) is 4.03. The van der Waals surface area contributed by atoms with E-state index in [4.69, 9.17) is 5.73 Å². The van der Waals surface area contributed by atoms with Crippen LogP contribution in [-0.2, 0) is 14.3 Å². The third-order valence-corrected chi connectivity index (χ3v) is 3.02. The van der Waals surface area contributed by atoms with E-state index < -0.39 is 18.1 Å². The summed E-state index contributed by atoms with van der Waals surface area (Å²) in [7, 11) is 1.21. The van der Waals surface area contributed by atoms with Crippen LogP contribution in [0.1, 0.15) is 6.92 Å². The summed E-state index contributed by atoms with van der Waals surface area (Å²) in [5, 5.41) is -0.369. The van der Waals surface area contributed by atoms with Crippen molar-refractivity contribution in [1.82, 2.24) is 4.90 Å². The highest BCUT2D eigenvalue weighted by atomic mass is 32.2. The number of nitrogens with zero attached hydrogens (tertiary/aromatic N) is 1. The first kappa shape index (κ1) is 12.0. The largest absolute Gasteiger partial charge is 0.468 e. The van der Waals surface area contributed by atoms with Gasteiger partial charge < -0.3 is 10.5 Å². The van der Waals surface area contributed by atoms with Gasteiger partial charge in [0, 0.05) is 0 Å². The smallest absolute Gasteiger partial charge is 0.324 e. The fraction of sp³-hybridized carbons (Fsp3) is 0.625. The summed E-state index contributed by atoms with van der Waals surface area (Å²) in [6.07, 6.45) is 0. The standard InChI is InChI=1S/C8H12N2O4S/c1-4(6(9)7(12)14-2)10-5(11)3-15-8(10)13/h4,6H,3,9H2,1-2H3/t4-,6-/m1/s1. The van der Waals surface area contributed by atoms with Gasteiger partial charge in [0.2, 0.25) is 5.91 Å². The number of amides is 2. The molecule has 0 saturated carbocycles. The number of imide groups is 1. The van der Waals surface area contributed by atoms with Gasteiger partial charge in [0.1, 0.15) is 6.04 Å². The van der Waals surface area contributed by atoms with Gasteiger partial charge in [-0.3, -0.25) is 19.3 Å². The summed E-state index contributed by atoms with van der Waals surface area (Å²) in [6, 6.07) is -1.67. The number of hydrogen-bond acceptors (Lipinski definition) is 6. The minimum Gasteiger partial charge on any atom is -0.468 e. The number of carbonyl (C=O) groups excluding carboxylic acids is 3. The fourth-order valence-corrected chi connectivity index (χ4v) is 2.04. The van der Waals surface area contributed by atoms with E-state index in [-0.39, 0.29) is 16.9 Å². The lowest BCUT2D eigenvalue weighted by molar-refractivity contribution is -0.144. The maximum atomic E-state index is 11.3. The van der Waals surface area contributed by atoms with Crippen molar-refractivity contribution in [1.29, 1.82) is 0 Å². The predicted molar refractivity (Wildman–Crippen MR) is 54.2 cm³/mol. The van der Waals surface area contributed by atoms with Crippen LogP contribution >= 0.6 is 11.8 Å². The highest BCUT2D eigenvalue weighted by Gasteiger charge is 2.38. The summed E-state index contributed by atoms with van der Waals surface area (Å²) in [6.45, 7) is 1.54. The fourth-order valence-electron chi connectivity index (χ4n) is 1.25. The number of rotatable bonds is 3. The molecule has 6 nitrogen and oxygen atoms in total. The van der Waals surface area contributed by atoms with Crippen molar-refractivity contribution in [2.24, 2.45) is 5.73 Å². The Balaban J connectivity index is 2.75. The van der Waals surface area contributed by atoms with Gasteiger partial charge in [-0.1, -0.05) is 11.8 Å². The van der Waals surface area contributed by atoms with E-state index in [9.17, 15) is 14.4 Å². The van der Waals surface area contributed by atoms with Gasteiger partial charge in [-0.2, -0.15) is 0 Å². The molecule has 0 spiro atoms. The predicted octanol–water partition coefficient (Wildman–Crippen LogP) is -0.429. The van der Waals surface area contributed by atoms with Gasteiger partial charge in [-0.25, -0.2) is 0 Å². The van der Waals surface area contributed by atoms with E-state index in [2.05, 4.69) is 4.74 Å². The quantitative estimate of drug-likeness (QED) is 0.664. The molecule has 1 rings (SSSR count). The van der Waals surface area contributed by atoms with Crippen LogP contribution in [0.5, 0.6) is 0 Å². The topological polar surface area (TPSA) is 89.7 Å². The van der Waals surface area contributed by atoms with Gasteiger partial charge in [-0.15, -0.1) is 0 Å². The molecule has 1 saturated heterocycles. The molecule has 0 aliphatic carbocycles. The molecule has 2 atom stereocenters. The Morgan fingerprint density at radius 3 is 2.60 bits per heavy atom. The molecular formula is C8H12N2O4S. The highest BCUT2D eigenvalue weighted by Crippen LogP contribution is 2.22. The van der Waals surface area contributed by atoms with Crippen LogP contribution in [0.3, 0.4) is 0 Å². The lowest BCUT2D eigenvalue weighted by Crippen LogP contribution is -2.52. The minimum atomic E-state index is -0.999. The van der Waals surface area contributed by atoms with E-state index >= 15 is 0 Å². The third kappa shape index (κ3) is 2.29. The maximum absolute atomic E-state index is 11.3. The Labute approximate surface area is 91.1 Å². The first-order chi connectivity index (χ1) is 6.99. The molecule has 0 aromatic rings. The van der Waals surface area contributed by atoms with Gasteiger partial charge >= 0.3 is 5.97 Å². The van der Waals surface area contributed by atoms with Crippen molar-refractivity contribution in [3.8, 4) is 0 Å². The second kappa shape index (κ2) is 4.63. The van der Waals surface area contributed by atoms with E-state index in [1.807, 2.05) is 0 Å².